The molecule has 1 aromatic carbocycles. The summed E-state index contributed by atoms with van der Waals surface area (Å²) in [5, 5.41) is 13.0. The zero-order chi connectivity index (χ0) is 10.9. The molecule has 0 amide bonds. The Morgan fingerprint density at radius 3 is 2.53 bits per heavy atom. The van der Waals surface area contributed by atoms with Crippen LogP contribution in [-0.4, -0.2) is 17.6 Å². The van der Waals surface area contributed by atoms with Crippen LogP contribution in [0, 0.1) is 0 Å². The van der Waals surface area contributed by atoms with Crippen molar-refractivity contribution in [2.24, 2.45) is 0 Å². The van der Waals surface area contributed by atoms with Crippen LogP contribution in [0.1, 0.15) is 18.4 Å². The highest BCUT2D eigenvalue weighted by atomic mass is 35.5. The quantitative estimate of drug-likeness (QED) is 0.810. The van der Waals surface area contributed by atoms with Gasteiger partial charge in [0.2, 0.25) is 0 Å². The minimum Gasteiger partial charge on any atom is -0.480 e. The van der Waals surface area contributed by atoms with Gasteiger partial charge in [-0.2, -0.15) is 0 Å². The Hall–Kier alpha value is -1.06. The number of rotatable bonds is 2. The molecule has 3 nitrogen and oxygen atoms in total. The number of hydrogen-bond acceptors (Lipinski definition) is 2. The summed E-state index contributed by atoms with van der Waals surface area (Å²) < 4.78 is 0. The third kappa shape index (κ3) is 1.73. The van der Waals surface area contributed by atoms with Gasteiger partial charge in [-0.3, -0.25) is 5.32 Å². The first-order chi connectivity index (χ1) is 7.15. The standard InChI is InChI=1S/C11H12ClNO2/c12-9-4-2-8(3-5-9)11(10(14)15)6-1-7-13-11/h2-5,13H,1,6-7H2,(H,14,15)/t11-/m1/s1. The van der Waals surface area contributed by atoms with Crippen molar-refractivity contribution < 1.29 is 9.90 Å². The summed E-state index contributed by atoms with van der Waals surface area (Å²) in [7, 11) is 0. The van der Waals surface area contributed by atoms with Crippen molar-refractivity contribution in [1.82, 2.24) is 5.32 Å². The second-order valence-electron chi connectivity index (χ2n) is 3.75. The third-order valence-corrected chi connectivity index (χ3v) is 3.11. The number of carboxylic acid groups (broad SMARTS) is 1. The Balaban J connectivity index is 2.41. The first kappa shape index (κ1) is 10.5. The Labute approximate surface area is 93.1 Å². The molecule has 80 valence electrons. The number of nitrogens with one attached hydrogen (secondary N) is 1. The number of hydrogen-bond donors (Lipinski definition) is 2. The van der Waals surface area contributed by atoms with Gasteiger partial charge < -0.3 is 5.11 Å². The maximum Gasteiger partial charge on any atom is 0.328 e. The van der Waals surface area contributed by atoms with E-state index in [1.807, 2.05) is 0 Å². The van der Waals surface area contributed by atoms with Gasteiger partial charge in [-0.25, -0.2) is 4.79 Å². The first-order valence-corrected chi connectivity index (χ1v) is 5.27. The number of carbonyl (C=O) groups is 1. The average molecular weight is 226 g/mol. The summed E-state index contributed by atoms with van der Waals surface area (Å²) >= 11 is 5.78. The predicted octanol–water partition coefficient (Wildman–Crippen LogP) is 2.00. The molecular formula is C11H12ClNO2. The van der Waals surface area contributed by atoms with Crippen molar-refractivity contribution in [3.05, 3.63) is 34.9 Å². The van der Waals surface area contributed by atoms with Crippen molar-refractivity contribution >= 4 is 17.6 Å². The van der Waals surface area contributed by atoms with Crippen LogP contribution < -0.4 is 5.32 Å². The Morgan fingerprint density at radius 1 is 1.40 bits per heavy atom. The lowest BCUT2D eigenvalue weighted by Gasteiger charge is -2.24. The lowest BCUT2D eigenvalue weighted by atomic mass is 9.88. The van der Waals surface area contributed by atoms with Crippen molar-refractivity contribution in [2.45, 2.75) is 18.4 Å². The lowest BCUT2D eigenvalue weighted by Crippen LogP contribution is -2.44. The number of benzene rings is 1. The van der Waals surface area contributed by atoms with Gasteiger partial charge in [-0.15, -0.1) is 0 Å². The highest BCUT2D eigenvalue weighted by Gasteiger charge is 2.42. The summed E-state index contributed by atoms with van der Waals surface area (Å²) in [6, 6.07) is 6.99. The molecule has 0 bridgehead atoms. The van der Waals surface area contributed by atoms with E-state index >= 15 is 0 Å². The molecule has 0 radical (unpaired) electrons. The van der Waals surface area contributed by atoms with Gasteiger partial charge in [-0.05, 0) is 37.1 Å². The molecule has 0 unspecified atom stereocenters. The summed E-state index contributed by atoms with van der Waals surface area (Å²) in [6.45, 7) is 0.745. The maximum atomic E-state index is 11.3. The molecule has 1 aliphatic rings. The minimum absolute atomic E-state index is 0.622. The van der Waals surface area contributed by atoms with E-state index in [0.717, 1.165) is 18.5 Å². The number of aliphatic carboxylic acids is 1. The molecule has 0 aliphatic carbocycles. The first-order valence-electron chi connectivity index (χ1n) is 4.90. The fourth-order valence-electron chi connectivity index (χ4n) is 2.03. The molecule has 1 aromatic rings. The largest absolute Gasteiger partial charge is 0.480 e. The van der Waals surface area contributed by atoms with Gasteiger partial charge in [0.15, 0.2) is 0 Å². The van der Waals surface area contributed by atoms with Crippen LogP contribution in [0.2, 0.25) is 5.02 Å². The van der Waals surface area contributed by atoms with Gasteiger partial charge in [0.1, 0.15) is 5.54 Å². The highest BCUT2D eigenvalue weighted by Crippen LogP contribution is 2.31. The van der Waals surface area contributed by atoms with Gasteiger partial charge in [0.25, 0.3) is 0 Å². The summed E-state index contributed by atoms with van der Waals surface area (Å²) in [6.07, 6.45) is 1.51. The number of halogens is 1. The van der Waals surface area contributed by atoms with Gasteiger partial charge in [0.05, 0.1) is 0 Å². The van der Waals surface area contributed by atoms with E-state index in [-0.39, 0.29) is 0 Å². The van der Waals surface area contributed by atoms with Gasteiger partial charge in [0, 0.05) is 5.02 Å². The molecule has 0 saturated carbocycles. The van der Waals surface area contributed by atoms with Crippen LogP contribution in [0.4, 0.5) is 0 Å². The van der Waals surface area contributed by atoms with Crippen molar-refractivity contribution in [3.63, 3.8) is 0 Å². The van der Waals surface area contributed by atoms with E-state index in [2.05, 4.69) is 5.32 Å². The zero-order valence-corrected chi connectivity index (χ0v) is 8.92. The maximum absolute atomic E-state index is 11.3. The fraction of sp³-hybridized carbons (Fsp3) is 0.364. The predicted molar refractivity (Wildman–Crippen MR) is 58.0 cm³/mol. The summed E-state index contributed by atoms with van der Waals surface area (Å²) in [4.78, 5) is 11.3. The Morgan fingerprint density at radius 2 is 2.07 bits per heavy atom. The van der Waals surface area contributed by atoms with Crippen molar-refractivity contribution in [1.29, 1.82) is 0 Å². The second kappa shape index (κ2) is 3.83. The van der Waals surface area contributed by atoms with Gasteiger partial charge in [-0.1, -0.05) is 23.7 Å². The van der Waals surface area contributed by atoms with Crippen LogP contribution in [-0.2, 0) is 10.3 Å². The minimum atomic E-state index is -0.912. The molecule has 1 atom stereocenters. The van der Waals surface area contributed by atoms with E-state index in [1.165, 1.54) is 0 Å². The number of carboxylic acids is 1. The van der Waals surface area contributed by atoms with Crippen LogP contribution in [0.5, 0.6) is 0 Å². The molecule has 1 heterocycles. The van der Waals surface area contributed by atoms with Crippen LogP contribution >= 0.6 is 11.6 Å². The highest BCUT2D eigenvalue weighted by molar-refractivity contribution is 6.30. The lowest BCUT2D eigenvalue weighted by molar-refractivity contribution is -0.144. The molecule has 1 aliphatic heterocycles. The van der Waals surface area contributed by atoms with E-state index in [9.17, 15) is 9.90 Å². The van der Waals surface area contributed by atoms with E-state index in [0.29, 0.717) is 11.4 Å². The Kier molecular flexibility index (Phi) is 2.67. The monoisotopic (exact) mass is 225 g/mol. The molecule has 1 fully saturated rings. The van der Waals surface area contributed by atoms with Crippen LogP contribution in [0.3, 0.4) is 0 Å². The van der Waals surface area contributed by atoms with E-state index < -0.39 is 11.5 Å². The van der Waals surface area contributed by atoms with Crippen LogP contribution in [0.25, 0.3) is 0 Å². The molecule has 15 heavy (non-hydrogen) atoms. The SMILES string of the molecule is O=C(O)[C@]1(c2ccc(Cl)cc2)CCCN1. The molecular weight excluding hydrogens is 214 g/mol. The van der Waals surface area contributed by atoms with Gasteiger partial charge >= 0.3 is 5.97 Å². The fourth-order valence-corrected chi connectivity index (χ4v) is 2.16. The smallest absolute Gasteiger partial charge is 0.328 e. The normalized spacial score (nSPS) is 25.4. The summed E-state index contributed by atoms with van der Waals surface area (Å²) in [5.41, 5.74) is -0.137. The zero-order valence-electron chi connectivity index (χ0n) is 8.16. The summed E-state index contributed by atoms with van der Waals surface area (Å²) in [5.74, 6) is -0.817. The second-order valence-corrected chi connectivity index (χ2v) is 4.18. The van der Waals surface area contributed by atoms with E-state index in [1.54, 1.807) is 24.3 Å². The van der Waals surface area contributed by atoms with Crippen molar-refractivity contribution in [2.75, 3.05) is 6.54 Å². The molecule has 1 saturated heterocycles. The van der Waals surface area contributed by atoms with Crippen LogP contribution in [0.15, 0.2) is 24.3 Å². The Bertz CT molecular complexity index is 369. The molecule has 0 aromatic heterocycles. The molecule has 2 rings (SSSR count). The van der Waals surface area contributed by atoms with E-state index in [4.69, 9.17) is 11.6 Å². The van der Waals surface area contributed by atoms with Crippen molar-refractivity contribution in [3.8, 4) is 0 Å². The third-order valence-electron chi connectivity index (χ3n) is 2.86. The molecule has 2 N–H and O–H groups in total. The average Bonchev–Trinajstić information content (AvgIpc) is 2.69. The molecule has 0 spiro atoms. The topological polar surface area (TPSA) is 49.3 Å². The molecule has 4 heteroatoms.